The number of halogens is 1. The van der Waals surface area contributed by atoms with E-state index >= 15 is 0 Å². The second-order valence-electron chi connectivity index (χ2n) is 6.86. The molecule has 3 N–H and O–H groups in total. The molecule has 0 spiro atoms. The highest BCUT2D eigenvalue weighted by Gasteiger charge is 2.25. The predicted octanol–water partition coefficient (Wildman–Crippen LogP) is 3.38. The van der Waals surface area contributed by atoms with Crippen LogP contribution in [0.15, 0.2) is 54.2 Å². The quantitative estimate of drug-likeness (QED) is 0.481. The van der Waals surface area contributed by atoms with Crippen molar-refractivity contribution in [3.8, 4) is 0 Å². The fourth-order valence-electron chi connectivity index (χ4n) is 3.24. The minimum Gasteiger partial charge on any atom is -0.342 e. The molecule has 0 radical (unpaired) electrons. The summed E-state index contributed by atoms with van der Waals surface area (Å²) in [6.45, 7) is 1.64. The lowest BCUT2D eigenvalue weighted by Crippen LogP contribution is -2.40. The fraction of sp³-hybridized carbons (Fsp3) is 0.286. The molecule has 1 aromatic carbocycles. The number of hydrogen-bond acceptors (Lipinski definition) is 5. The Morgan fingerprint density at radius 2 is 2.13 bits per heavy atom. The number of rotatable bonds is 8. The van der Waals surface area contributed by atoms with Crippen molar-refractivity contribution in [2.75, 3.05) is 13.1 Å². The molecule has 2 aromatic heterocycles. The minimum absolute atomic E-state index is 0.0114. The Morgan fingerprint density at radius 3 is 3.00 bits per heavy atom. The summed E-state index contributed by atoms with van der Waals surface area (Å²) < 4.78 is 13.7. The molecular formula is C21H23FN6OS. The lowest BCUT2D eigenvalue weighted by Gasteiger charge is -2.23. The van der Waals surface area contributed by atoms with Crippen LogP contribution in [0, 0.1) is 5.82 Å². The number of imidazole rings is 1. The largest absolute Gasteiger partial charge is 0.342 e. The third-order valence-electron chi connectivity index (χ3n) is 4.79. The van der Waals surface area contributed by atoms with Crippen LogP contribution in [0.3, 0.4) is 0 Å². The van der Waals surface area contributed by atoms with E-state index in [1.54, 1.807) is 22.9 Å². The van der Waals surface area contributed by atoms with Crippen LogP contribution in [0.1, 0.15) is 17.9 Å². The van der Waals surface area contributed by atoms with E-state index in [1.807, 2.05) is 29.7 Å². The average molecular weight is 427 g/mol. The second-order valence-corrected chi connectivity index (χ2v) is 7.95. The van der Waals surface area contributed by atoms with Crippen molar-refractivity contribution in [2.45, 2.75) is 24.8 Å². The van der Waals surface area contributed by atoms with E-state index in [1.165, 1.54) is 18.3 Å². The van der Waals surface area contributed by atoms with Gasteiger partial charge in [0.2, 0.25) is 0 Å². The zero-order valence-corrected chi connectivity index (χ0v) is 17.2. The van der Waals surface area contributed by atoms with Gasteiger partial charge in [0.05, 0.1) is 28.6 Å². The number of urea groups is 1. The topological polar surface area (TPSA) is 85.9 Å². The lowest BCUT2D eigenvalue weighted by atomic mass is 10.3. The number of hydrogen-bond donors (Lipinski definition) is 3. The van der Waals surface area contributed by atoms with Gasteiger partial charge >= 0.3 is 6.03 Å². The molecule has 3 heterocycles. The van der Waals surface area contributed by atoms with Crippen molar-refractivity contribution < 1.29 is 9.18 Å². The van der Waals surface area contributed by atoms with Gasteiger partial charge in [-0.15, -0.1) is 11.8 Å². The van der Waals surface area contributed by atoms with E-state index in [0.717, 1.165) is 42.8 Å². The van der Waals surface area contributed by atoms with Gasteiger partial charge in [-0.05, 0) is 42.6 Å². The molecular weight excluding hydrogens is 403 g/mol. The van der Waals surface area contributed by atoms with Crippen LogP contribution in [0.2, 0.25) is 0 Å². The van der Waals surface area contributed by atoms with Gasteiger partial charge in [-0.25, -0.2) is 14.2 Å². The summed E-state index contributed by atoms with van der Waals surface area (Å²) in [5.74, 6) is 0.540. The molecule has 4 rings (SSSR count). The van der Waals surface area contributed by atoms with Crippen LogP contribution in [0.5, 0.6) is 0 Å². The van der Waals surface area contributed by atoms with Gasteiger partial charge in [0, 0.05) is 25.4 Å². The Morgan fingerprint density at radius 1 is 1.23 bits per heavy atom. The first-order valence-electron chi connectivity index (χ1n) is 9.83. The highest BCUT2D eigenvalue weighted by Crippen LogP contribution is 2.27. The summed E-state index contributed by atoms with van der Waals surface area (Å²) in [6.07, 6.45) is 4.87. The maximum Gasteiger partial charge on any atom is 0.322 e. The summed E-state index contributed by atoms with van der Waals surface area (Å²) in [7, 11) is 0. The fourth-order valence-corrected chi connectivity index (χ4v) is 4.17. The molecule has 1 atom stereocenters. The second kappa shape index (κ2) is 9.73. The van der Waals surface area contributed by atoms with Gasteiger partial charge < -0.3 is 15.6 Å². The van der Waals surface area contributed by atoms with Gasteiger partial charge in [0.25, 0.3) is 0 Å². The smallest absolute Gasteiger partial charge is 0.322 e. The SMILES string of the molecule is O=C(NCc1ncccc1F)N1C=CSC1CCNCCc1nc2ccccc2[nH]1. The van der Waals surface area contributed by atoms with Gasteiger partial charge in [0.15, 0.2) is 0 Å². The average Bonchev–Trinajstić information content (AvgIpc) is 3.39. The van der Waals surface area contributed by atoms with E-state index in [4.69, 9.17) is 0 Å². The number of pyridine rings is 1. The zero-order valence-electron chi connectivity index (χ0n) is 16.3. The van der Waals surface area contributed by atoms with Crippen molar-refractivity contribution in [2.24, 2.45) is 0 Å². The molecule has 1 aliphatic rings. The minimum atomic E-state index is -0.422. The molecule has 1 aliphatic heterocycles. The maximum absolute atomic E-state index is 13.7. The molecule has 0 fully saturated rings. The van der Waals surface area contributed by atoms with Crippen molar-refractivity contribution in [3.63, 3.8) is 0 Å². The van der Waals surface area contributed by atoms with E-state index in [2.05, 4.69) is 25.6 Å². The van der Waals surface area contributed by atoms with Crippen LogP contribution in [-0.4, -0.2) is 44.3 Å². The first-order valence-corrected chi connectivity index (χ1v) is 10.8. The maximum atomic E-state index is 13.7. The number of aromatic amines is 1. The number of thioether (sulfide) groups is 1. The molecule has 1 unspecified atom stereocenters. The number of para-hydroxylation sites is 2. The number of H-pyrrole nitrogens is 1. The van der Waals surface area contributed by atoms with Crippen molar-refractivity contribution in [1.29, 1.82) is 0 Å². The van der Waals surface area contributed by atoms with Gasteiger partial charge in [0.1, 0.15) is 11.6 Å². The van der Waals surface area contributed by atoms with Crippen molar-refractivity contribution in [1.82, 2.24) is 30.5 Å². The summed E-state index contributed by atoms with van der Waals surface area (Å²) in [6, 6.07) is 10.6. The number of nitrogens with zero attached hydrogens (tertiary/aromatic N) is 3. The number of nitrogens with one attached hydrogen (secondary N) is 3. The van der Waals surface area contributed by atoms with Crippen LogP contribution >= 0.6 is 11.8 Å². The third-order valence-corrected chi connectivity index (χ3v) is 5.84. The van der Waals surface area contributed by atoms with Crippen molar-refractivity contribution in [3.05, 3.63) is 71.5 Å². The molecule has 9 heteroatoms. The normalized spacial score (nSPS) is 15.8. The number of carbonyl (C=O) groups is 1. The van der Waals surface area contributed by atoms with Crippen LogP contribution in [0.25, 0.3) is 11.0 Å². The van der Waals surface area contributed by atoms with Gasteiger partial charge in [-0.3, -0.25) is 9.88 Å². The highest BCUT2D eigenvalue weighted by molar-refractivity contribution is 8.02. The first kappa shape index (κ1) is 20.4. The summed E-state index contributed by atoms with van der Waals surface area (Å²) in [4.78, 5) is 26.0. The van der Waals surface area contributed by atoms with E-state index < -0.39 is 5.82 Å². The molecule has 30 heavy (non-hydrogen) atoms. The Kier molecular flexibility index (Phi) is 6.60. The summed E-state index contributed by atoms with van der Waals surface area (Å²) >= 11 is 1.60. The van der Waals surface area contributed by atoms with Gasteiger partial charge in [-0.1, -0.05) is 12.1 Å². The monoisotopic (exact) mass is 426 g/mol. The molecule has 0 bridgehead atoms. The zero-order chi connectivity index (χ0) is 20.8. The number of fused-ring (bicyclic) bond motifs is 1. The number of aromatic nitrogens is 3. The summed E-state index contributed by atoms with van der Waals surface area (Å²) in [5, 5.41) is 8.06. The molecule has 0 saturated carbocycles. The number of benzene rings is 1. The van der Waals surface area contributed by atoms with E-state index in [0.29, 0.717) is 0 Å². The Balaban J connectivity index is 1.18. The van der Waals surface area contributed by atoms with Crippen LogP contribution in [0.4, 0.5) is 9.18 Å². The van der Waals surface area contributed by atoms with Crippen LogP contribution < -0.4 is 10.6 Å². The standard InChI is InChI=1S/C21H23FN6OS/c22-15-4-3-9-24-18(15)14-25-21(29)28-12-13-30-20(28)8-11-23-10-7-19-26-16-5-1-2-6-17(16)27-19/h1-6,9,12-13,20,23H,7-8,10-11,14H2,(H,25,29)(H,26,27). The van der Waals surface area contributed by atoms with Gasteiger partial charge in [-0.2, -0.15) is 0 Å². The Hall–Kier alpha value is -2.91. The van der Waals surface area contributed by atoms with E-state index in [-0.39, 0.29) is 23.6 Å². The summed E-state index contributed by atoms with van der Waals surface area (Å²) in [5.41, 5.74) is 2.26. The predicted molar refractivity (Wildman–Crippen MR) is 116 cm³/mol. The molecule has 0 saturated heterocycles. The van der Waals surface area contributed by atoms with Crippen LogP contribution in [-0.2, 0) is 13.0 Å². The Labute approximate surface area is 178 Å². The van der Waals surface area contributed by atoms with Crippen molar-refractivity contribution >= 4 is 28.8 Å². The Bertz CT molecular complexity index is 1010. The molecule has 156 valence electrons. The third kappa shape index (κ3) is 4.98. The molecule has 2 amide bonds. The van der Waals surface area contributed by atoms with E-state index in [9.17, 15) is 9.18 Å². The number of carbonyl (C=O) groups excluding carboxylic acids is 1. The highest BCUT2D eigenvalue weighted by atomic mass is 32.2. The molecule has 3 aromatic rings. The number of amides is 2. The lowest BCUT2D eigenvalue weighted by molar-refractivity contribution is 0.211. The first-order chi connectivity index (χ1) is 14.7. The molecule has 7 nitrogen and oxygen atoms in total. The molecule has 0 aliphatic carbocycles.